The second-order valence-corrected chi connectivity index (χ2v) is 4.79. The molecule has 3 heteroatoms. The Labute approximate surface area is 119 Å². The Morgan fingerprint density at radius 1 is 1.22 bits per heavy atom. The average Bonchev–Trinajstić information content (AvgIpc) is 2.35. The Hall–Kier alpha value is -0.970. The normalized spacial score (nSPS) is 10.4. The summed E-state index contributed by atoms with van der Waals surface area (Å²) in [7, 11) is 0. The quantitative estimate of drug-likeness (QED) is 0.409. The van der Waals surface area contributed by atoms with Gasteiger partial charge in [-0.2, -0.15) is 0 Å². The Bertz CT molecular complexity index is 455. The van der Waals surface area contributed by atoms with E-state index in [1.54, 1.807) is 18.3 Å². The summed E-state index contributed by atoms with van der Waals surface area (Å²) in [6, 6.07) is 5.36. The van der Waals surface area contributed by atoms with Crippen LogP contribution in [-0.4, -0.2) is 12.8 Å². The standard InChI is InChI=1S/C15H17Cl2N/c1-2-3-4-5-6-7-10-18-12-13-8-9-14(16)11-15(13)17/h8-9,11-12H,2-5,10H2,1H3. The third-order valence-electron chi connectivity index (χ3n) is 2.39. The fraction of sp³-hybridized carbons (Fsp3) is 0.400. The van der Waals surface area contributed by atoms with E-state index in [1.807, 2.05) is 6.07 Å². The summed E-state index contributed by atoms with van der Waals surface area (Å²) in [5, 5.41) is 1.25. The average molecular weight is 282 g/mol. The molecule has 1 nitrogen and oxygen atoms in total. The first-order valence-electron chi connectivity index (χ1n) is 6.14. The molecule has 0 N–H and O–H groups in total. The van der Waals surface area contributed by atoms with Gasteiger partial charge in [0.15, 0.2) is 0 Å². The van der Waals surface area contributed by atoms with Gasteiger partial charge in [0.05, 0.1) is 11.6 Å². The zero-order valence-corrected chi connectivity index (χ0v) is 12.1. The Morgan fingerprint density at radius 3 is 2.78 bits per heavy atom. The molecule has 1 aromatic carbocycles. The number of benzene rings is 1. The van der Waals surface area contributed by atoms with Gasteiger partial charge in [0.2, 0.25) is 0 Å². The van der Waals surface area contributed by atoms with Gasteiger partial charge in [-0.25, -0.2) is 0 Å². The zero-order chi connectivity index (χ0) is 13.2. The number of rotatable bonds is 5. The number of unbranched alkanes of at least 4 members (excludes halogenated alkanes) is 3. The largest absolute Gasteiger partial charge is 0.280 e. The van der Waals surface area contributed by atoms with Crippen molar-refractivity contribution in [2.24, 2.45) is 4.99 Å². The molecule has 0 heterocycles. The van der Waals surface area contributed by atoms with Gasteiger partial charge in [0.25, 0.3) is 0 Å². The Kier molecular flexibility index (Phi) is 7.57. The molecule has 0 aliphatic heterocycles. The zero-order valence-electron chi connectivity index (χ0n) is 10.5. The van der Waals surface area contributed by atoms with E-state index in [9.17, 15) is 0 Å². The summed E-state index contributed by atoms with van der Waals surface area (Å²) in [6.07, 6.45) is 6.36. The summed E-state index contributed by atoms with van der Waals surface area (Å²) in [4.78, 5) is 4.22. The molecule has 0 fully saturated rings. The van der Waals surface area contributed by atoms with E-state index in [4.69, 9.17) is 23.2 Å². The maximum Gasteiger partial charge on any atom is 0.0997 e. The van der Waals surface area contributed by atoms with Gasteiger partial charge in [0, 0.05) is 23.2 Å². The Morgan fingerprint density at radius 2 is 2.06 bits per heavy atom. The molecule has 0 unspecified atom stereocenters. The van der Waals surface area contributed by atoms with Crippen LogP contribution in [0.3, 0.4) is 0 Å². The second kappa shape index (κ2) is 9.03. The van der Waals surface area contributed by atoms with Crippen molar-refractivity contribution >= 4 is 29.4 Å². The van der Waals surface area contributed by atoms with E-state index < -0.39 is 0 Å². The lowest BCUT2D eigenvalue weighted by Crippen LogP contribution is -1.84. The summed E-state index contributed by atoms with van der Waals surface area (Å²) in [5.74, 6) is 6.14. The van der Waals surface area contributed by atoms with Crippen molar-refractivity contribution in [3.05, 3.63) is 33.8 Å². The van der Waals surface area contributed by atoms with Crippen molar-refractivity contribution < 1.29 is 0 Å². The van der Waals surface area contributed by atoms with Crippen LogP contribution in [0.4, 0.5) is 0 Å². The Balaban J connectivity index is 2.36. The molecule has 1 rings (SSSR count). The minimum atomic E-state index is 0.519. The third kappa shape index (κ3) is 6.10. The van der Waals surface area contributed by atoms with Crippen molar-refractivity contribution in [3.8, 4) is 11.8 Å². The van der Waals surface area contributed by atoms with Crippen LogP contribution in [0.1, 0.15) is 38.2 Å². The lowest BCUT2D eigenvalue weighted by molar-refractivity contribution is 0.737. The van der Waals surface area contributed by atoms with E-state index in [1.165, 1.54) is 19.3 Å². The van der Waals surface area contributed by atoms with Gasteiger partial charge in [0.1, 0.15) is 0 Å². The van der Waals surface area contributed by atoms with Gasteiger partial charge < -0.3 is 0 Å². The molecule has 0 aromatic heterocycles. The van der Waals surface area contributed by atoms with Crippen molar-refractivity contribution in [3.63, 3.8) is 0 Å². The van der Waals surface area contributed by atoms with E-state index in [2.05, 4.69) is 23.8 Å². The molecule has 0 saturated carbocycles. The van der Waals surface area contributed by atoms with Crippen molar-refractivity contribution in [1.82, 2.24) is 0 Å². The number of halogens is 2. The van der Waals surface area contributed by atoms with Crippen molar-refractivity contribution in [1.29, 1.82) is 0 Å². The summed E-state index contributed by atoms with van der Waals surface area (Å²) < 4.78 is 0. The molecule has 0 radical (unpaired) electrons. The highest BCUT2D eigenvalue weighted by molar-refractivity contribution is 6.36. The fourth-order valence-corrected chi connectivity index (χ4v) is 1.86. The molecule has 18 heavy (non-hydrogen) atoms. The summed E-state index contributed by atoms with van der Waals surface area (Å²) in [5.41, 5.74) is 0.869. The van der Waals surface area contributed by atoms with Gasteiger partial charge in [-0.1, -0.05) is 55.0 Å². The second-order valence-electron chi connectivity index (χ2n) is 3.95. The lowest BCUT2D eigenvalue weighted by atomic mass is 10.2. The highest BCUT2D eigenvalue weighted by Crippen LogP contribution is 2.19. The molecular formula is C15H17Cl2N. The van der Waals surface area contributed by atoms with E-state index in [-0.39, 0.29) is 0 Å². The first-order chi connectivity index (χ1) is 8.74. The predicted octanol–water partition coefficient (Wildman–Crippen LogP) is 5.00. The molecule has 0 spiro atoms. The lowest BCUT2D eigenvalue weighted by Gasteiger charge is -1.97. The summed E-state index contributed by atoms with van der Waals surface area (Å²) in [6.45, 7) is 2.71. The van der Waals surface area contributed by atoms with Gasteiger partial charge in [-0.3, -0.25) is 4.99 Å². The molecular weight excluding hydrogens is 265 g/mol. The van der Waals surface area contributed by atoms with Crippen LogP contribution in [0.5, 0.6) is 0 Å². The third-order valence-corrected chi connectivity index (χ3v) is 2.96. The van der Waals surface area contributed by atoms with E-state index >= 15 is 0 Å². The minimum Gasteiger partial charge on any atom is -0.280 e. The van der Waals surface area contributed by atoms with Gasteiger partial charge >= 0.3 is 0 Å². The van der Waals surface area contributed by atoms with Crippen molar-refractivity contribution in [2.45, 2.75) is 32.6 Å². The van der Waals surface area contributed by atoms with E-state index in [0.29, 0.717) is 16.6 Å². The number of nitrogens with zero attached hydrogens (tertiary/aromatic N) is 1. The summed E-state index contributed by atoms with van der Waals surface area (Å²) >= 11 is 11.8. The molecule has 1 aromatic rings. The first-order valence-corrected chi connectivity index (χ1v) is 6.90. The monoisotopic (exact) mass is 281 g/mol. The van der Waals surface area contributed by atoms with Crippen LogP contribution in [0.2, 0.25) is 10.0 Å². The first kappa shape index (κ1) is 15.1. The van der Waals surface area contributed by atoms with Crippen LogP contribution in [-0.2, 0) is 0 Å². The predicted molar refractivity (Wildman–Crippen MR) is 80.8 cm³/mol. The van der Waals surface area contributed by atoms with Crippen LogP contribution >= 0.6 is 23.2 Å². The molecule has 0 aliphatic rings. The van der Waals surface area contributed by atoms with Crippen LogP contribution in [0.15, 0.2) is 23.2 Å². The topological polar surface area (TPSA) is 12.4 Å². The highest BCUT2D eigenvalue weighted by Gasteiger charge is 1.96. The van der Waals surface area contributed by atoms with Crippen LogP contribution < -0.4 is 0 Å². The van der Waals surface area contributed by atoms with Gasteiger partial charge in [-0.05, 0) is 18.6 Å². The number of aliphatic imine (C=N–C) groups is 1. The SMILES string of the molecule is CCCCCC#CCN=Cc1ccc(Cl)cc1Cl. The molecule has 0 bridgehead atoms. The van der Waals surface area contributed by atoms with Crippen molar-refractivity contribution in [2.75, 3.05) is 6.54 Å². The number of hydrogen-bond acceptors (Lipinski definition) is 1. The van der Waals surface area contributed by atoms with E-state index in [0.717, 1.165) is 12.0 Å². The molecule has 0 amide bonds. The molecule has 96 valence electrons. The van der Waals surface area contributed by atoms with Gasteiger partial charge in [-0.15, -0.1) is 5.92 Å². The smallest absolute Gasteiger partial charge is 0.0997 e. The van der Waals surface area contributed by atoms with Crippen LogP contribution in [0, 0.1) is 11.8 Å². The molecule has 0 aliphatic carbocycles. The minimum absolute atomic E-state index is 0.519. The number of hydrogen-bond donors (Lipinski definition) is 0. The van der Waals surface area contributed by atoms with Crippen LogP contribution in [0.25, 0.3) is 0 Å². The maximum atomic E-state index is 6.02. The maximum absolute atomic E-state index is 6.02. The fourth-order valence-electron chi connectivity index (χ4n) is 1.40. The molecule has 0 saturated heterocycles. The highest BCUT2D eigenvalue weighted by atomic mass is 35.5. The molecule has 0 atom stereocenters.